The van der Waals surface area contributed by atoms with Gasteiger partial charge in [0.25, 0.3) is 0 Å². The molecule has 1 aromatic rings. The van der Waals surface area contributed by atoms with Gasteiger partial charge in [0.15, 0.2) is 0 Å². The molecular weight excluding hydrogens is 252 g/mol. The highest BCUT2D eigenvalue weighted by atomic mass is 16.5. The van der Waals surface area contributed by atoms with Gasteiger partial charge in [-0.2, -0.15) is 5.26 Å². The summed E-state index contributed by atoms with van der Waals surface area (Å²) in [6.45, 7) is 5.28. The Labute approximate surface area is 121 Å². The Hall–Kier alpha value is -2.02. The monoisotopic (exact) mass is 274 g/mol. The number of nitrogens with zero attached hydrogens (tertiary/aromatic N) is 2. The minimum Gasteiger partial charge on any atom is -0.494 e. The highest BCUT2D eigenvalue weighted by Crippen LogP contribution is 2.14. The van der Waals surface area contributed by atoms with Gasteiger partial charge in [-0.1, -0.05) is 26.2 Å². The Morgan fingerprint density at radius 2 is 1.90 bits per heavy atom. The molecule has 0 bridgehead atoms. The first kappa shape index (κ1) is 16.0. The summed E-state index contributed by atoms with van der Waals surface area (Å²) >= 11 is 0. The number of ether oxygens (including phenoxy) is 2. The molecule has 0 aliphatic rings. The SMILES string of the molecule is CCCCCCOc1ccc(C(=NC#N)OCC)cc1. The predicted molar refractivity (Wildman–Crippen MR) is 79.9 cm³/mol. The van der Waals surface area contributed by atoms with Crippen LogP contribution in [0.1, 0.15) is 45.1 Å². The van der Waals surface area contributed by atoms with Gasteiger partial charge in [0.05, 0.1) is 13.2 Å². The van der Waals surface area contributed by atoms with Crippen molar-refractivity contribution in [2.45, 2.75) is 39.5 Å². The van der Waals surface area contributed by atoms with E-state index in [1.807, 2.05) is 31.2 Å². The normalized spacial score (nSPS) is 10.9. The molecule has 0 N–H and O–H groups in total. The molecule has 0 amide bonds. The van der Waals surface area contributed by atoms with E-state index in [1.165, 1.54) is 19.3 Å². The first-order valence-corrected chi connectivity index (χ1v) is 7.14. The van der Waals surface area contributed by atoms with Crippen LogP contribution in [0.4, 0.5) is 0 Å². The van der Waals surface area contributed by atoms with Gasteiger partial charge < -0.3 is 9.47 Å². The Morgan fingerprint density at radius 3 is 2.50 bits per heavy atom. The second-order valence-corrected chi connectivity index (χ2v) is 4.38. The van der Waals surface area contributed by atoms with Crippen molar-refractivity contribution in [2.24, 2.45) is 4.99 Å². The van der Waals surface area contributed by atoms with Crippen LogP contribution in [-0.4, -0.2) is 19.1 Å². The molecule has 0 spiro atoms. The lowest BCUT2D eigenvalue weighted by molar-refractivity contribution is 0.305. The zero-order chi connectivity index (χ0) is 14.6. The van der Waals surface area contributed by atoms with E-state index in [1.54, 1.807) is 6.19 Å². The summed E-state index contributed by atoms with van der Waals surface area (Å²) in [7, 11) is 0. The third kappa shape index (κ3) is 5.75. The van der Waals surface area contributed by atoms with Crippen molar-refractivity contribution in [3.05, 3.63) is 29.8 Å². The van der Waals surface area contributed by atoms with Crippen molar-refractivity contribution < 1.29 is 9.47 Å². The number of nitriles is 1. The van der Waals surface area contributed by atoms with E-state index in [9.17, 15) is 0 Å². The molecule has 0 aliphatic heterocycles. The predicted octanol–water partition coefficient (Wildman–Crippen LogP) is 3.91. The molecule has 0 radical (unpaired) electrons. The summed E-state index contributed by atoms with van der Waals surface area (Å²) in [6.07, 6.45) is 6.52. The fourth-order valence-electron chi connectivity index (χ4n) is 1.77. The molecular formula is C16H22N2O2. The van der Waals surface area contributed by atoms with Crippen LogP contribution < -0.4 is 4.74 Å². The lowest BCUT2D eigenvalue weighted by Crippen LogP contribution is -2.06. The van der Waals surface area contributed by atoms with Crippen LogP contribution in [0.5, 0.6) is 5.75 Å². The van der Waals surface area contributed by atoms with Gasteiger partial charge in [0.2, 0.25) is 12.1 Å². The highest BCUT2D eigenvalue weighted by Gasteiger charge is 2.04. The lowest BCUT2D eigenvalue weighted by Gasteiger charge is -2.08. The summed E-state index contributed by atoms with van der Waals surface area (Å²) in [5, 5.41) is 8.62. The molecule has 20 heavy (non-hydrogen) atoms. The van der Waals surface area contributed by atoms with Crippen molar-refractivity contribution in [1.29, 1.82) is 5.26 Å². The van der Waals surface area contributed by atoms with Gasteiger partial charge in [-0.3, -0.25) is 0 Å². The minimum atomic E-state index is 0.351. The first-order chi connectivity index (χ1) is 9.81. The van der Waals surface area contributed by atoms with Gasteiger partial charge >= 0.3 is 0 Å². The zero-order valence-corrected chi connectivity index (χ0v) is 12.3. The topological polar surface area (TPSA) is 54.6 Å². The van der Waals surface area contributed by atoms with E-state index in [-0.39, 0.29) is 0 Å². The molecule has 1 aromatic carbocycles. The number of rotatable bonds is 8. The maximum absolute atomic E-state index is 8.62. The molecule has 0 aromatic heterocycles. The van der Waals surface area contributed by atoms with Gasteiger partial charge in [-0.05, 0) is 37.6 Å². The first-order valence-electron chi connectivity index (χ1n) is 7.14. The van der Waals surface area contributed by atoms with E-state index in [0.29, 0.717) is 12.5 Å². The van der Waals surface area contributed by atoms with Gasteiger partial charge in [0, 0.05) is 5.56 Å². The molecule has 4 nitrogen and oxygen atoms in total. The van der Waals surface area contributed by atoms with Crippen LogP contribution >= 0.6 is 0 Å². The van der Waals surface area contributed by atoms with Crippen LogP contribution in [0, 0.1) is 11.5 Å². The van der Waals surface area contributed by atoms with E-state index in [0.717, 1.165) is 24.3 Å². The molecule has 1 rings (SSSR count). The molecule has 0 saturated heterocycles. The number of hydrogen-bond donors (Lipinski definition) is 0. The summed E-state index contributed by atoms with van der Waals surface area (Å²) in [4.78, 5) is 3.67. The molecule has 0 aliphatic carbocycles. The van der Waals surface area contributed by atoms with Gasteiger partial charge in [-0.25, -0.2) is 0 Å². The zero-order valence-electron chi connectivity index (χ0n) is 12.3. The fourth-order valence-corrected chi connectivity index (χ4v) is 1.77. The van der Waals surface area contributed by atoms with Crippen molar-refractivity contribution in [3.8, 4) is 11.9 Å². The summed E-state index contributed by atoms with van der Waals surface area (Å²) < 4.78 is 11.0. The number of unbranched alkanes of at least 4 members (excludes halogenated alkanes) is 3. The molecule has 0 saturated carbocycles. The summed E-state index contributed by atoms with van der Waals surface area (Å²) in [5.74, 6) is 1.18. The van der Waals surface area contributed by atoms with E-state index in [4.69, 9.17) is 14.7 Å². The van der Waals surface area contributed by atoms with Crippen molar-refractivity contribution in [2.75, 3.05) is 13.2 Å². The van der Waals surface area contributed by atoms with Crippen LogP contribution in [0.25, 0.3) is 0 Å². The average molecular weight is 274 g/mol. The van der Waals surface area contributed by atoms with Gasteiger partial charge in [-0.15, -0.1) is 4.99 Å². The Morgan fingerprint density at radius 1 is 1.15 bits per heavy atom. The van der Waals surface area contributed by atoms with Crippen LogP contribution in [0.15, 0.2) is 29.3 Å². The Balaban J connectivity index is 2.51. The van der Waals surface area contributed by atoms with Crippen LogP contribution in [-0.2, 0) is 4.74 Å². The number of benzene rings is 1. The highest BCUT2D eigenvalue weighted by molar-refractivity contribution is 5.94. The second-order valence-electron chi connectivity index (χ2n) is 4.38. The van der Waals surface area contributed by atoms with Gasteiger partial charge in [0.1, 0.15) is 5.75 Å². The standard InChI is InChI=1S/C16H22N2O2/c1-3-5-6-7-12-20-15-10-8-14(9-11-15)16(18-13-17)19-4-2/h8-11H,3-7,12H2,1-2H3. The second kappa shape index (κ2) is 9.85. The molecule has 0 unspecified atom stereocenters. The average Bonchev–Trinajstić information content (AvgIpc) is 2.47. The van der Waals surface area contributed by atoms with Crippen LogP contribution in [0.3, 0.4) is 0 Å². The third-order valence-electron chi connectivity index (χ3n) is 2.80. The quantitative estimate of drug-likeness (QED) is 0.312. The van der Waals surface area contributed by atoms with Crippen molar-refractivity contribution in [1.82, 2.24) is 0 Å². The summed E-state index contributed by atoms with van der Waals surface area (Å²) in [6, 6.07) is 7.46. The number of hydrogen-bond acceptors (Lipinski definition) is 4. The Bertz CT molecular complexity index is 447. The largest absolute Gasteiger partial charge is 0.494 e. The van der Waals surface area contributed by atoms with Crippen molar-refractivity contribution in [3.63, 3.8) is 0 Å². The lowest BCUT2D eigenvalue weighted by atomic mass is 10.2. The molecule has 0 atom stereocenters. The Kier molecular flexibility index (Phi) is 7.90. The minimum absolute atomic E-state index is 0.351. The fraction of sp³-hybridized carbons (Fsp3) is 0.500. The van der Waals surface area contributed by atoms with E-state index >= 15 is 0 Å². The third-order valence-corrected chi connectivity index (χ3v) is 2.80. The maximum atomic E-state index is 8.62. The molecule has 0 heterocycles. The van der Waals surface area contributed by atoms with E-state index in [2.05, 4.69) is 11.9 Å². The molecule has 4 heteroatoms. The summed E-state index contributed by atoms with van der Waals surface area (Å²) in [5.41, 5.74) is 0.784. The van der Waals surface area contributed by atoms with Crippen LogP contribution in [0.2, 0.25) is 0 Å². The maximum Gasteiger partial charge on any atom is 0.231 e. The van der Waals surface area contributed by atoms with E-state index < -0.39 is 0 Å². The smallest absolute Gasteiger partial charge is 0.231 e. The van der Waals surface area contributed by atoms with Crippen molar-refractivity contribution >= 4 is 5.90 Å². The molecule has 0 fully saturated rings. The number of aliphatic imine (C=N–C) groups is 1. The molecule has 108 valence electrons.